The van der Waals surface area contributed by atoms with Gasteiger partial charge < -0.3 is 19.5 Å². The van der Waals surface area contributed by atoms with Gasteiger partial charge >= 0.3 is 5.97 Å². The third-order valence-corrected chi connectivity index (χ3v) is 4.74. The van der Waals surface area contributed by atoms with Crippen LogP contribution in [0.25, 0.3) is 0 Å². The maximum Gasteiger partial charge on any atom is 0.336 e. The lowest BCUT2D eigenvalue weighted by Crippen LogP contribution is -2.34. The summed E-state index contributed by atoms with van der Waals surface area (Å²) in [7, 11) is 1.54. The number of carbonyl (C=O) groups excluding carboxylic acids is 2. The number of methoxy groups -OCH3 is 1. The Labute approximate surface area is 170 Å². The Hall–Kier alpha value is -3.12. The van der Waals surface area contributed by atoms with Crippen LogP contribution in [-0.4, -0.2) is 32.2 Å². The van der Waals surface area contributed by atoms with Gasteiger partial charge in [0.15, 0.2) is 0 Å². The molecule has 2 aromatic carbocycles. The molecule has 6 heteroatoms. The molecule has 0 radical (unpaired) electrons. The molecule has 1 N–H and O–H groups in total. The number of benzene rings is 2. The number of esters is 1. The lowest BCUT2D eigenvalue weighted by atomic mass is 9.84. The zero-order valence-corrected chi connectivity index (χ0v) is 16.6. The average molecular weight is 395 g/mol. The molecule has 1 amide bonds. The second kappa shape index (κ2) is 9.89. The number of nitrogens with one attached hydrogen (secondary N) is 1. The molecule has 6 nitrogen and oxygen atoms in total. The SMILES string of the molecule is COCCOC(=O)C1=C(C)NC(=O)CC1c1ccccc1OCc1ccccc1. The van der Waals surface area contributed by atoms with Gasteiger partial charge in [0.2, 0.25) is 5.91 Å². The molecule has 29 heavy (non-hydrogen) atoms. The second-order valence-corrected chi connectivity index (χ2v) is 6.78. The van der Waals surface area contributed by atoms with E-state index in [4.69, 9.17) is 14.2 Å². The molecule has 0 fully saturated rings. The van der Waals surface area contributed by atoms with Crippen LogP contribution in [0.4, 0.5) is 0 Å². The first-order valence-electron chi connectivity index (χ1n) is 9.52. The van der Waals surface area contributed by atoms with E-state index < -0.39 is 11.9 Å². The van der Waals surface area contributed by atoms with Crippen molar-refractivity contribution in [2.24, 2.45) is 0 Å². The van der Waals surface area contributed by atoms with E-state index >= 15 is 0 Å². The molecule has 1 heterocycles. The maximum atomic E-state index is 12.7. The molecule has 0 bridgehead atoms. The predicted octanol–water partition coefficient (Wildman–Crippen LogP) is 3.33. The lowest BCUT2D eigenvalue weighted by Gasteiger charge is -2.28. The van der Waals surface area contributed by atoms with Crippen molar-refractivity contribution in [3.63, 3.8) is 0 Å². The van der Waals surface area contributed by atoms with Gasteiger partial charge in [-0.05, 0) is 18.6 Å². The molecule has 1 atom stereocenters. The Morgan fingerprint density at radius 3 is 2.55 bits per heavy atom. The summed E-state index contributed by atoms with van der Waals surface area (Å²) in [6.45, 7) is 2.57. The summed E-state index contributed by atoms with van der Waals surface area (Å²) < 4.78 is 16.3. The van der Waals surface area contributed by atoms with Crippen LogP contribution < -0.4 is 10.1 Å². The summed E-state index contributed by atoms with van der Waals surface area (Å²) >= 11 is 0. The van der Waals surface area contributed by atoms with E-state index in [1.165, 1.54) is 0 Å². The van der Waals surface area contributed by atoms with E-state index in [-0.39, 0.29) is 18.9 Å². The van der Waals surface area contributed by atoms with Crippen LogP contribution in [-0.2, 0) is 25.7 Å². The number of allylic oxidation sites excluding steroid dienone is 1. The van der Waals surface area contributed by atoms with E-state index in [9.17, 15) is 9.59 Å². The van der Waals surface area contributed by atoms with Crippen molar-refractivity contribution in [3.05, 3.63) is 77.0 Å². The largest absolute Gasteiger partial charge is 0.489 e. The molecule has 0 saturated carbocycles. The standard InChI is InChI=1S/C23H25NO5/c1-16-22(23(26)28-13-12-27-2)19(14-21(25)24-16)18-10-6-7-11-20(18)29-15-17-8-4-3-5-9-17/h3-11,19H,12-15H2,1-2H3,(H,24,25). The number of hydrogen-bond donors (Lipinski definition) is 1. The highest BCUT2D eigenvalue weighted by Gasteiger charge is 2.34. The first-order valence-corrected chi connectivity index (χ1v) is 9.52. The quantitative estimate of drug-likeness (QED) is 0.548. The van der Waals surface area contributed by atoms with Crippen LogP contribution >= 0.6 is 0 Å². The summed E-state index contributed by atoms with van der Waals surface area (Å²) in [5, 5.41) is 2.75. The molecule has 1 aliphatic heterocycles. The topological polar surface area (TPSA) is 73.9 Å². The molecule has 2 aromatic rings. The van der Waals surface area contributed by atoms with Gasteiger partial charge in [-0.25, -0.2) is 4.79 Å². The van der Waals surface area contributed by atoms with E-state index in [0.717, 1.165) is 11.1 Å². The minimum absolute atomic E-state index is 0.140. The second-order valence-electron chi connectivity index (χ2n) is 6.78. The first-order chi connectivity index (χ1) is 14.1. The van der Waals surface area contributed by atoms with Crippen molar-refractivity contribution in [2.75, 3.05) is 20.3 Å². The van der Waals surface area contributed by atoms with Gasteiger partial charge in [-0.15, -0.1) is 0 Å². The van der Waals surface area contributed by atoms with Crippen LogP contribution in [0, 0.1) is 0 Å². The number of ether oxygens (including phenoxy) is 3. The molecule has 0 saturated heterocycles. The highest BCUT2D eigenvalue weighted by molar-refractivity contribution is 5.96. The number of hydrogen-bond acceptors (Lipinski definition) is 5. The Bertz CT molecular complexity index is 891. The normalized spacial score (nSPS) is 16.3. The number of rotatable bonds is 8. The van der Waals surface area contributed by atoms with Gasteiger partial charge in [0, 0.05) is 30.7 Å². The number of para-hydroxylation sites is 1. The molecule has 3 rings (SSSR count). The molecule has 152 valence electrons. The Morgan fingerprint density at radius 1 is 1.07 bits per heavy atom. The van der Waals surface area contributed by atoms with Crippen LogP contribution in [0.1, 0.15) is 30.4 Å². The zero-order valence-electron chi connectivity index (χ0n) is 16.6. The number of amides is 1. The van der Waals surface area contributed by atoms with E-state index in [1.54, 1.807) is 14.0 Å². The van der Waals surface area contributed by atoms with Crippen molar-refractivity contribution in [1.29, 1.82) is 0 Å². The number of carbonyl (C=O) groups is 2. The van der Waals surface area contributed by atoms with Crippen molar-refractivity contribution < 1.29 is 23.8 Å². The monoisotopic (exact) mass is 395 g/mol. The summed E-state index contributed by atoms with van der Waals surface area (Å²) in [6.07, 6.45) is 0.151. The third-order valence-electron chi connectivity index (χ3n) is 4.74. The molecular formula is C23H25NO5. The zero-order chi connectivity index (χ0) is 20.6. The third kappa shape index (κ3) is 5.23. The van der Waals surface area contributed by atoms with E-state index in [0.29, 0.717) is 30.2 Å². The van der Waals surface area contributed by atoms with Crippen LogP contribution in [0.3, 0.4) is 0 Å². The van der Waals surface area contributed by atoms with Gasteiger partial charge in [0.05, 0.1) is 12.2 Å². The minimum atomic E-state index is -0.456. The molecule has 0 spiro atoms. The molecular weight excluding hydrogens is 370 g/mol. The van der Waals surface area contributed by atoms with Gasteiger partial charge in [-0.3, -0.25) is 4.79 Å². The van der Waals surface area contributed by atoms with Gasteiger partial charge in [0.25, 0.3) is 0 Å². The van der Waals surface area contributed by atoms with E-state index in [2.05, 4.69) is 5.32 Å². The Kier molecular flexibility index (Phi) is 7.03. The summed E-state index contributed by atoms with van der Waals surface area (Å²) in [4.78, 5) is 25.0. The average Bonchev–Trinajstić information content (AvgIpc) is 2.72. The van der Waals surface area contributed by atoms with Crippen LogP contribution in [0.2, 0.25) is 0 Å². The fourth-order valence-electron chi connectivity index (χ4n) is 3.37. The Morgan fingerprint density at radius 2 is 1.79 bits per heavy atom. The van der Waals surface area contributed by atoms with Gasteiger partial charge in [0.1, 0.15) is 19.0 Å². The first kappa shape index (κ1) is 20.6. The van der Waals surface area contributed by atoms with Gasteiger partial charge in [-0.2, -0.15) is 0 Å². The van der Waals surface area contributed by atoms with Crippen molar-refractivity contribution in [3.8, 4) is 5.75 Å². The van der Waals surface area contributed by atoms with Crippen molar-refractivity contribution >= 4 is 11.9 Å². The van der Waals surface area contributed by atoms with Gasteiger partial charge in [-0.1, -0.05) is 48.5 Å². The summed E-state index contributed by atoms with van der Waals surface area (Å²) in [5.41, 5.74) is 2.77. The Balaban J connectivity index is 1.87. The summed E-state index contributed by atoms with van der Waals surface area (Å²) in [5.74, 6) is -0.391. The predicted molar refractivity (Wildman–Crippen MR) is 108 cm³/mol. The van der Waals surface area contributed by atoms with E-state index in [1.807, 2.05) is 54.6 Å². The minimum Gasteiger partial charge on any atom is -0.489 e. The summed E-state index contributed by atoms with van der Waals surface area (Å²) in [6, 6.07) is 17.3. The highest BCUT2D eigenvalue weighted by atomic mass is 16.6. The fraction of sp³-hybridized carbons (Fsp3) is 0.304. The van der Waals surface area contributed by atoms with Crippen molar-refractivity contribution in [1.82, 2.24) is 5.32 Å². The van der Waals surface area contributed by atoms with Crippen LogP contribution in [0.5, 0.6) is 5.75 Å². The molecule has 0 aromatic heterocycles. The maximum absolute atomic E-state index is 12.7. The highest BCUT2D eigenvalue weighted by Crippen LogP contribution is 2.38. The van der Waals surface area contributed by atoms with Crippen LogP contribution in [0.15, 0.2) is 65.9 Å². The molecule has 1 unspecified atom stereocenters. The molecule has 0 aliphatic carbocycles. The fourth-order valence-corrected chi connectivity index (χ4v) is 3.37. The molecule has 1 aliphatic rings. The smallest absolute Gasteiger partial charge is 0.336 e. The van der Waals surface area contributed by atoms with Crippen molar-refractivity contribution in [2.45, 2.75) is 25.9 Å². The lowest BCUT2D eigenvalue weighted by molar-refractivity contribution is -0.140.